The molecular formula is C16H22N4OS. The van der Waals surface area contributed by atoms with E-state index >= 15 is 0 Å². The molecule has 1 aromatic heterocycles. The van der Waals surface area contributed by atoms with E-state index in [2.05, 4.69) is 20.8 Å². The molecular weight excluding hydrogens is 296 g/mol. The van der Waals surface area contributed by atoms with Gasteiger partial charge in [0, 0.05) is 30.6 Å². The van der Waals surface area contributed by atoms with Gasteiger partial charge < -0.3 is 9.47 Å². The first kappa shape index (κ1) is 14.2. The molecule has 1 saturated heterocycles. The fourth-order valence-corrected chi connectivity index (χ4v) is 4.02. The summed E-state index contributed by atoms with van der Waals surface area (Å²) in [5, 5.41) is 7.44. The normalized spacial score (nSPS) is 25.4. The number of nitrogens with zero attached hydrogens (tertiary/aromatic N) is 3. The third kappa shape index (κ3) is 2.53. The average molecular weight is 318 g/mol. The van der Waals surface area contributed by atoms with Crippen molar-refractivity contribution < 1.29 is 4.79 Å². The van der Waals surface area contributed by atoms with Gasteiger partial charge in [-0.2, -0.15) is 5.10 Å². The lowest BCUT2D eigenvalue weighted by Crippen LogP contribution is -2.40. The summed E-state index contributed by atoms with van der Waals surface area (Å²) in [6, 6.07) is 0.532. The molecule has 1 aliphatic heterocycles. The Bertz CT molecular complexity index is 670. The van der Waals surface area contributed by atoms with Crippen molar-refractivity contribution in [3.8, 4) is 0 Å². The summed E-state index contributed by atoms with van der Waals surface area (Å²) in [6.07, 6.45) is 9.78. The third-order valence-corrected chi connectivity index (χ3v) is 5.32. The van der Waals surface area contributed by atoms with Crippen LogP contribution in [0.4, 0.5) is 0 Å². The first-order valence-electron chi connectivity index (χ1n) is 8.39. The van der Waals surface area contributed by atoms with E-state index in [1.165, 1.54) is 12.8 Å². The predicted molar refractivity (Wildman–Crippen MR) is 86.2 cm³/mol. The standard InChI is InChI=1S/C16H22N4OS/c21-15(11-4-1-2-5-11)19-9-3-6-12(10-19)14-17-18-16(22)20(14)13-7-8-13/h4,12-13H,1-3,5-10H2,(H,18,22). The van der Waals surface area contributed by atoms with Crippen LogP contribution in [0.2, 0.25) is 0 Å². The maximum Gasteiger partial charge on any atom is 0.249 e. The number of nitrogens with one attached hydrogen (secondary N) is 1. The second-order valence-corrected chi connectivity index (χ2v) is 7.09. The van der Waals surface area contributed by atoms with Crippen molar-refractivity contribution in [2.75, 3.05) is 13.1 Å². The average Bonchev–Trinajstić information content (AvgIpc) is 3.08. The number of amides is 1. The van der Waals surface area contributed by atoms with E-state index in [0.717, 1.165) is 61.4 Å². The molecule has 1 atom stereocenters. The third-order valence-electron chi connectivity index (χ3n) is 5.03. The molecule has 2 fully saturated rings. The largest absolute Gasteiger partial charge is 0.338 e. The zero-order chi connectivity index (χ0) is 15.1. The minimum Gasteiger partial charge on any atom is -0.338 e. The van der Waals surface area contributed by atoms with Crippen LogP contribution in [0.15, 0.2) is 11.6 Å². The molecule has 0 aromatic carbocycles. The molecule has 5 nitrogen and oxygen atoms in total. The molecule has 2 heterocycles. The van der Waals surface area contributed by atoms with Crippen LogP contribution >= 0.6 is 12.2 Å². The second-order valence-electron chi connectivity index (χ2n) is 6.70. The van der Waals surface area contributed by atoms with Gasteiger partial charge in [-0.05, 0) is 57.2 Å². The molecule has 118 valence electrons. The van der Waals surface area contributed by atoms with Gasteiger partial charge in [-0.25, -0.2) is 0 Å². The summed E-state index contributed by atoms with van der Waals surface area (Å²) < 4.78 is 2.93. The van der Waals surface area contributed by atoms with E-state index in [1.807, 2.05) is 4.90 Å². The van der Waals surface area contributed by atoms with E-state index in [9.17, 15) is 4.79 Å². The van der Waals surface area contributed by atoms with Crippen molar-refractivity contribution in [3.05, 3.63) is 22.2 Å². The van der Waals surface area contributed by atoms with Crippen molar-refractivity contribution in [3.63, 3.8) is 0 Å². The quantitative estimate of drug-likeness (QED) is 0.871. The number of hydrogen-bond donors (Lipinski definition) is 1. The van der Waals surface area contributed by atoms with E-state index in [1.54, 1.807) is 0 Å². The number of hydrogen-bond acceptors (Lipinski definition) is 3. The van der Waals surface area contributed by atoms with E-state index in [4.69, 9.17) is 12.2 Å². The summed E-state index contributed by atoms with van der Waals surface area (Å²) >= 11 is 5.38. The highest BCUT2D eigenvalue weighted by Gasteiger charge is 2.33. The Morgan fingerprint density at radius 1 is 1.32 bits per heavy atom. The second kappa shape index (κ2) is 5.65. The molecule has 0 bridgehead atoms. The molecule has 2 aliphatic carbocycles. The van der Waals surface area contributed by atoms with Gasteiger partial charge >= 0.3 is 0 Å². The highest BCUT2D eigenvalue weighted by molar-refractivity contribution is 7.71. The molecule has 1 N–H and O–H groups in total. The summed E-state index contributed by atoms with van der Waals surface area (Å²) in [5.74, 6) is 1.62. The SMILES string of the molecule is O=C(C1=CCCC1)N1CCCC(c2n[nH]c(=S)n2C2CC2)C1. The molecule has 4 rings (SSSR count). The highest BCUT2D eigenvalue weighted by Crippen LogP contribution is 2.38. The minimum absolute atomic E-state index is 0.245. The van der Waals surface area contributed by atoms with Crippen LogP contribution in [0.3, 0.4) is 0 Å². The molecule has 1 aromatic rings. The van der Waals surface area contributed by atoms with Crippen molar-refractivity contribution in [2.24, 2.45) is 0 Å². The summed E-state index contributed by atoms with van der Waals surface area (Å²) in [5.41, 5.74) is 1.02. The Labute approximate surface area is 135 Å². The van der Waals surface area contributed by atoms with Crippen LogP contribution < -0.4 is 0 Å². The first-order chi connectivity index (χ1) is 10.7. The highest BCUT2D eigenvalue weighted by atomic mass is 32.1. The van der Waals surface area contributed by atoms with Gasteiger partial charge in [0.15, 0.2) is 4.77 Å². The first-order valence-corrected chi connectivity index (χ1v) is 8.80. The zero-order valence-electron chi connectivity index (χ0n) is 12.8. The molecule has 22 heavy (non-hydrogen) atoms. The lowest BCUT2D eigenvalue weighted by molar-refractivity contribution is -0.128. The number of piperidine rings is 1. The summed E-state index contributed by atoms with van der Waals surface area (Å²) in [7, 11) is 0. The van der Waals surface area contributed by atoms with Crippen LogP contribution in [0.5, 0.6) is 0 Å². The zero-order valence-corrected chi connectivity index (χ0v) is 13.6. The number of aromatic amines is 1. The van der Waals surface area contributed by atoms with E-state index < -0.39 is 0 Å². The molecule has 1 amide bonds. The van der Waals surface area contributed by atoms with Crippen molar-refractivity contribution in [2.45, 2.75) is 56.9 Å². The maximum atomic E-state index is 12.6. The fraction of sp³-hybridized carbons (Fsp3) is 0.688. The predicted octanol–water partition coefficient (Wildman–Crippen LogP) is 3.09. The van der Waals surface area contributed by atoms with Gasteiger partial charge in [0.2, 0.25) is 5.91 Å². The number of carbonyl (C=O) groups is 1. The van der Waals surface area contributed by atoms with Gasteiger partial charge in [0.05, 0.1) is 0 Å². The summed E-state index contributed by atoms with van der Waals surface area (Å²) in [4.78, 5) is 14.6. The Balaban J connectivity index is 1.54. The molecule has 0 spiro atoms. The monoisotopic (exact) mass is 318 g/mol. The topological polar surface area (TPSA) is 53.9 Å². The lowest BCUT2D eigenvalue weighted by atomic mass is 9.96. The van der Waals surface area contributed by atoms with Gasteiger partial charge in [-0.15, -0.1) is 0 Å². The number of likely N-dealkylation sites (tertiary alicyclic amines) is 1. The number of aromatic nitrogens is 3. The molecule has 1 saturated carbocycles. The number of allylic oxidation sites excluding steroid dienone is 1. The van der Waals surface area contributed by atoms with Crippen LogP contribution in [-0.2, 0) is 4.79 Å². The molecule has 3 aliphatic rings. The van der Waals surface area contributed by atoms with Crippen LogP contribution in [0, 0.1) is 4.77 Å². The number of H-pyrrole nitrogens is 1. The van der Waals surface area contributed by atoms with E-state index in [-0.39, 0.29) is 5.91 Å². The number of rotatable bonds is 3. The Hall–Kier alpha value is -1.43. The van der Waals surface area contributed by atoms with Crippen molar-refractivity contribution in [1.82, 2.24) is 19.7 Å². The fourth-order valence-electron chi connectivity index (χ4n) is 3.73. The van der Waals surface area contributed by atoms with Gasteiger partial charge in [0.25, 0.3) is 0 Å². The Morgan fingerprint density at radius 3 is 2.91 bits per heavy atom. The molecule has 1 unspecified atom stereocenters. The van der Waals surface area contributed by atoms with Gasteiger partial charge in [-0.1, -0.05) is 6.08 Å². The van der Waals surface area contributed by atoms with Gasteiger partial charge in [0.1, 0.15) is 5.82 Å². The van der Waals surface area contributed by atoms with Crippen molar-refractivity contribution >= 4 is 18.1 Å². The lowest BCUT2D eigenvalue weighted by Gasteiger charge is -2.32. The number of carbonyl (C=O) groups excluding carboxylic acids is 1. The maximum absolute atomic E-state index is 12.6. The Kier molecular flexibility index (Phi) is 3.64. The molecule has 0 radical (unpaired) electrons. The Morgan fingerprint density at radius 2 is 2.18 bits per heavy atom. The van der Waals surface area contributed by atoms with Crippen molar-refractivity contribution in [1.29, 1.82) is 0 Å². The van der Waals surface area contributed by atoms with Gasteiger partial charge in [-0.3, -0.25) is 9.89 Å². The molecule has 6 heteroatoms. The van der Waals surface area contributed by atoms with Crippen LogP contribution in [0.25, 0.3) is 0 Å². The summed E-state index contributed by atoms with van der Waals surface area (Å²) in [6.45, 7) is 1.66. The van der Waals surface area contributed by atoms with E-state index in [0.29, 0.717) is 12.0 Å². The minimum atomic E-state index is 0.245. The van der Waals surface area contributed by atoms with Crippen LogP contribution in [0.1, 0.15) is 62.7 Å². The van der Waals surface area contributed by atoms with Crippen LogP contribution in [-0.4, -0.2) is 38.7 Å². The smallest absolute Gasteiger partial charge is 0.249 e.